The van der Waals surface area contributed by atoms with Crippen LogP contribution in [0, 0.1) is 6.92 Å². The average Bonchev–Trinajstić information content (AvgIpc) is 3.15. The van der Waals surface area contributed by atoms with Crippen LogP contribution < -0.4 is 5.73 Å². The minimum atomic E-state index is 0.00964. The van der Waals surface area contributed by atoms with Gasteiger partial charge >= 0.3 is 0 Å². The molecule has 1 aliphatic heterocycles. The molecule has 2 N–H and O–H groups in total. The number of imidazole rings is 1. The summed E-state index contributed by atoms with van der Waals surface area (Å²) in [4.78, 5) is 15.3. The summed E-state index contributed by atoms with van der Waals surface area (Å²) in [5.41, 5.74) is 7.08. The van der Waals surface area contributed by atoms with Crippen molar-refractivity contribution in [2.24, 2.45) is 7.05 Å². The molecule has 25 heavy (non-hydrogen) atoms. The number of hydrogen-bond acceptors (Lipinski definition) is 8. The Morgan fingerprint density at radius 3 is 3.04 bits per heavy atom. The molecular formula is C15H21N9O. The summed E-state index contributed by atoms with van der Waals surface area (Å²) in [6, 6.07) is 0. The first-order chi connectivity index (χ1) is 12.1. The Hall–Kier alpha value is -2.59. The fourth-order valence-electron chi connectivity index (χ4n) is 3.09. The molecule has 1 fully saturated rings. The summed E-state index contributed by atoms with van der Waals surface area (Å²) >= 11 is 0. The molecule has 0 bridgehead atoms. The van der Waals surface area contributed by atoms with E-state index in [2.05, 4.69) is 30.2 Å². The van der Waals surface area contributed by atoms with Crippen molar-refractivity contribution in [3.05, 3.63) is 24.0 Å². The van der Waals surface area contributed by atoms with E-state index in [1.807, 2.05) is 24.0 Å². The van der Waals surface area contributed by atoms with Crippen LogP contribution in [0.25, 0.3) is 11.2 Å². The zero-order valence-electron chi connectivity index (χ0n) is 14.3. The van der Waals surface area contributed by atoms with Crippen LogP contribution in [0.3, 0.4) is 0 Å². The van der Waals surface area contributed by atoms with E-state index in [1.165, 1.54) is 0 Å². The van der Waals surface area contributed by atoms with Crippen LogP contribution in [0.2, 0.25) is 0 Å². The second-order valence-corrected chi connectivity index (χ2v) is 6.28. The third-order valence-electron chi connectivity index (χ3n) is 4.39. The molecule has 0 saturated carbocycles. The van der Waals surface area contributed by atoms with Gasteiger partial charge in [-0.1, -0.05) is 5.21 Å². The molecule has 10 nitrogen and oxygen atoms in total. The third kappa shape index (κ3) is 3.17. The van der Waals surface area contributed by atoms with Crippen LogP contribution >= 0.6 is 0 Å². The van der Waals surface area contributed by atoms with E-state index >= 15 is 0 Å². The lowest BCUT2D eigenvalue weighted by molar-refractivity contribution is -0.0408. The zero-order valence-corrected chi connectivity index (χ0v) is 14.3. The Balaban J connectivity index is 1.48. The minimum absolute atomic E-state index is 0.00964. The molecule has 0 amide bonds. The molecule has 0 aliphatic carbocycles. The number of anilines is 1. The lowest BCUT2D eigenvalue weighted by Crippen LogP contribution is -2.44. The smallest absolute Gasteiger partial charge is 0.184 e. The highest BCUT2D eigenvalue weighted by Crippen LogP contribution is 2.16. The number of nitrogens with zero attached hydrogens (tertiary/aromatic N) is 8. The Morgan fingerprint density at radius 2 is 2.24 bits per heavy atom. The number of rotatable bonds is 4. The summed E-state index contributed by atoms with van der Waals surface area (Å²) in [6.45, 7) is 5.54. The van der Waals surface area contributed by atoms with E-state index in [9.17, 15) is 0 Å². The predicted molar refractivity (Wildman–Crippen MR) is 90.5 cm³/mol. The monoisotopic (exact) mass is 343 g/mol. The average molecular weight is 343 g/mol. The van der Waals surface area contributed by atoms with E-state index in [0.717, 1.165) is 25.5 Å². The van der Waals surface area contributed by atoms with Gasteiger partial charge in [0.25, 0.3) is 0 Å². The van der Waals surface area contributed by atoms with Gasteiger partial charge in [-0.3, -0.25) is 4.90 Å². The number of aromatic nitrogens is 7. The van der Waals surface area contributed by atoms with Crippen LogP contribution in [-0.2, 0) is 24.9 Å². The topological polar surface area (TPSA) is 113 Å². The Labute approximate surface area is 144 Å². The van der Waals surface area contributed by atoms with Gasteiger partial charge < -0.3 is 15.0 Å². The summed E-state index contributed by atoms with van der Waals surface area (Å²) < 4.78 is 9.69. The maximum Gasteiger partial charge on any atom is 0.184 e. The highest BCUT2D eigenvalue weighted by Gasteiger charge is 2.23. The fourth-order valence-corrected chi connectivity index (χ4v) is 3.09. The summed E-state index contributed by atoms with van der Waals surface area (Å²) in [5.74, 6) is 2.01. The summed E-state index contributed by atoms with van der Waals surface area (Å²) in [7, 11) is 2.01. The normalized spacial score (nSPS) is 18.9. The van der Waals surface area contributed by atoms with Gasteiger partial charge in [0.05, 0.1) is 25.8 Å². The van der Waals surface area contributed by atoms with Gasteiger partial charge in [-0.15, -0.1) is 5.10 Å². The molecule has 0 radical (unpaired) electrons. The van der Waals surface area contributed by atoms with Gasteiger partial charge in [0.15, 0.2) is 17.0 Å². The largest absolute Gasteiger partial charge is 0.382 e. The predicted octanol–water partition coefficient (Wildman–Crippen LogP) is -0.254. The Kier molecular flexibility index (Phi) is 4.06. The van der Waals surface area contributed by atoms with Crippen molar-refractivity contribution in [1.29, 1.82) is 0 Å². The van der Waals surface area contributed by atoms with Crippen molar-refractivity contribution in [2.75, 3.05) is 25.4 Å². The molecule has 3 aromatic rings. The van der Waals surface area contributed by atoms with Crippen LogP contribution in [0.4, 0.5) is 5.82 Å². The van der Waals surface area contributed by atoms with E-state index in [-0.39, 0.29) is 6.10 Å². The molecule has 0 spiro atoms. The fraction of sp³-hybridized carbons (Fsp3) is 0.533. The second kappa shape index (κ2) is 6.37. The maximum atomic E-state index is 5.91. The number of ether oxygens (including phenoxy) is 1. The number of aryl methyl sites for hydroxylation is 2. The summed E-state index contributed by atoms with van der Waals surface area (Å²) in [6.07, 6.45) is 3.79. The van der Waals surface area contributed by atoms with Crippen LogP contribution in [0.1, 0.15) is 11.6 Å². The minimum Gasteiger partial charge on any atom is -0.382 e. The molecule has 1 aliphatic rings. The van der Waals surface area contributed by atoms with Crippen molar-refractivity contribution < 1.29 is 4.74 Å². The molecule has 1 atom stereocenters. The first kappa shape index (κ1) is 15.9. The SMILES string of the molecule is Cc1nc(N)c2nnn(CC3CN(Cc4nccn4C)CCO3)c2n1. The first-order valence-electron chi connectivity index (χ1n) is 8.23. The van der Waals surface area contributed by atoms with E-state index < -0.39 is 0 Å². The quantitative estimate of drug-likeness (QED) is 0.690. The highest BCUT2D eigenvalue weighted by molar-refractivity contribution is 5.80. The molecule has 1 unspecified atom stereocenters. The molecule has 10 heteroatoms. The lowest BCUT2D eigenvalue weighted by Gasteiger charge is -2.32. The molecule has 4 rings (SSSR count). The third-order valence-corrected chi connectivity index (χ3v) is 4.39. The first-order valence-corrected chi connectivity index (χ1v) is 8.23. The van der Waals surface area contributed by atoms with E-state index in [4.69, 9.17) is 10.5 Å². The Morgan fingerprint density at radius 1 is 1.36 bits per heavy atom. The van der Waals surface area contributed by atoms with Crippen molar-refractivity contribution >= 4 is 17.0 Å². The summed E-state index contributed by atoms with van der Waals surface area (Å²) in [5, 5.41) is 8.27. The number of morpholine rings is 1. The second-order valence-electron chi connectivity index (χ2n) is 6.28. The van der Waals surface area contributed by atoms with Gasteiger partial charge in [-0.25, -0.2) is 19.6 Å². The van der Waals surface area contributed by atoms with Crippen molar-refractivity contribution in [3.63, 3.8) is 0 Å². The van der Waals surface area contributed by atoms with Gasteiger partial charge in [0.2, 0.25) is 0 Å². The molecule has 4 heterocycles. The number of fused-ring (bicyclic) bond motifs is 1. The van der Waals surface area contributed by atoms with Crippen molar-refractivity contribution in [3.8, 4) is 0 Å². The maximum absolute atomic E-state index is 5.91. The van der Waals surface area contributed by atoms with Gasteiger partial charge in [-0.2, -0.15) is 0 Å². The van der Waals surface area contributed by atoms with Crippen molar-refractivity contribution in [2.45, 2.75) is 26.1 Å². The van der Waals surface area contributed by atoms with Gasteiger partial charge in [0, 0.05) is 32.5 Å². The molecule has 0 aromatic carbocycles. The zero-order chi connectivity index (χ0) is 17.4. The van der Waals surface area contributed by atoms with E-state index in [0.29, 0.717) is 36.0 Å². The van der Waals surface area contributed by atoms with Crippen LogP contribution in [-0.4, -0.2) is 65.2 Å². The lowest BCUT2D eigenvalue weighted by atomic mass is 10.2. The molecule has 132 valence electrons. The highest BCUT2D eigenvalue weighted by atomic mass is 16.5. The standard InChI is InChI=1S/C15H21N9O/c1-10-18-14(16)13-15(19-10)24(21-20-13)8-11-7-23(5-6-25-11)9-12-17-3-4-22(12)2/h3-4,11H,5-9H2,1-2H3,(H2,16,18,19). The van der Waals surface area contributed by atoms with E-state index in [1.54, 1.807) is 11.6 Å². The van der Waals surface area contributed by atoms with Crippen LogP contribution in [0.5, 0.6) is 0 Å². The molecular weight excluding hydrogens is 322 g/mol. The van der Waals surface area contributed by atoms with Gasteiger partial charge in [0.1, 0.15) is 11.6 Å². The van der Waals surface area contributed by atoms with Crippen LogP contribution in [0.15, 0.2) is 12.4 Å². The molecule has 1 saturated heterocycles. The number of nitrogen functional groups attached to an aromatic ring is 1. The Bertz CT molecular complexity index is 886. The number of hydrogen-bond donors (Lipinski definition) is 1. The molecule has 3 aromatic heterocycles. The number of nitrogens with two attached hydrogens (primary N) is 1. The van der Waals surface area contributed by atoms with Crippen molar-refractivity contribution in [1.82, 2.24) is 39.4 Å². The van der Waals surface area contributed by atoms with Gasteiger partial charge in [-0.05, 0) is 6.92 Å².